The lowest BCUT2D eigenvalue weighted by molar-refractivity contribution is 0.886. The van der Waals surface area contributed by atoms with E-state index >= 15 is 0 Å². The molecule has 0 bridgehead atoms. The van der Waals surface area contributed by atoms with Gasteiger partial charge in [0.1, 0.15) is 0 Å². The molecule has 1 aromatic heterocycles. The molecule has 0 radical (unpaired) electrons. The maximum absolute atomic E-state index is 6.21. The molecule has 15 heavy (non-hydrogen) atoms. The van der Waals surface area contributed by atoms with Gasteiger partial charge >= 0.3 is 0 Å². The number of hydrogen-bond donors (Lipinski definition) is 1. The zero-order valence-corrected chi connectivity index (χ0v) is 12.3. The molecule has 0 aliphatic heterocycles. The quantitative estimate of drug-likeness (QED) is 0.761. The highest BCUT2D eigenvalue weighted by Gasteiger charge is 2.13. The summed E-state index contributed by atoms with van der Waals surface area (Å²) in [6, 6.07) is 10.3. The lowest BCUT2D eigenvalue weighted by Crippen LogP contribution is -2.11. The molecule has 1 nitrogen and oxygen atoms in total. The average Bonchev–Trinajstić information content (AvgIpc) is 2.74. The van der Waals surface area contributed by atoms with Crippen molar-refractivity contribution in [3.8, 4) is 0 Å². The maximum atomic E-state index is 6.21. The Bertz CT molecular complexity index is 456. The largest absolute Gasteiger partial charge is 0.320 e. The summed E-state index contributed by atoms with van der Waals surface area (Å²) < 4.78 is 2.28. The van der Waals surface area contributed by atoms with Crippen LogP contribution in [0, 0.1) is 3.57 Å². The molecule has 0 spiro atoms. The Kier molecular flexibility index (Phi) is 3.82. The van der Waals surface area contributed by atoms with E-state index in [4.69, 9.17) is 5.73 Å². The lowest BCUT2D eigenvalue weighted by atomic mass is 10.1. The first-order valence-electron chi connectivity index (χ1n) is 4.42. The minimum Gasteiger partial charge on any atom is -0.320 e. The molecule has 2 aromatic rings. The molecule has 1 unspecified atom stereocenters. The Hall–Kier alpha value is 0.0900. The van der Waals surface area contributed by atoms with E-state index in [1.807, 2.05) is 12.1 Å². The molecule has 1 heterocycles. The Labute approximate surface area is 115 Å². The van der Waals surface area contributed by atoms with Crippen LogP contribution >= 0.6 is 49.9 Å². The van der Waals surface area contributed by atoms with Crippen LogP contribution in [-0.4, -0.2) is 0 Å². The van der Waals surface area contributed by atoms with Crippen molar-refractivity contribution < 1.29 is 0 Å². The number of halogens is 2. The summed E-state index contributed by atoms with van der Waals surface area (Å²) in [7, 11) is 0. The Morgan fingerprint density at radius 3 is 2.80 bits per heavy atom. The highest BCUT2D eigenvalue weighted by molar-refractivity contribution is 14.1. The van der Waals surface area contributed by atoms with E-state index in [0.29, 0.717) is 0 Å². The van der Waals surface area contributed by atoms with Gasteiger partial charge in [0.25, 0.3) is 0 Å². The van der Waals surface area contributed by atoms with Crippen LogP contribution in [0.25, 0.3) is 0 Å². The Morgan fingerprint density at radius 2 is 2.13 bits per heavy atom. The highest BCUT2D eigenvalue weighted by atomic mass is 127. The molecule has 0 saturated heterocycles. The summed E-state index contributed by atoms with van der Waals surface area (Å²) in [6.45, 7) is 0. The van der Waals surface area contributed by atoms with Gasteiger partial charge in [-0.1, -0.05) is 22.0 Å². The van der Waals surface area contributed by atoms with Crippen LogP contribution < -0.4 is 5.73 Å². The van der Waals surface area contributed by atoms with Crippen molar-refractivity contribution in [3.63, 3.8) is 0 Å². The van der Waals surface area contributed by atoms with Crippen molar-refractivity contribution in [2.45, 2.75) is 6.04 Å². The van der Waals surface area contributed by atoms with E-state index in [2.05, 4.69) is 62.1 Å². The number of hydrogen-bond acceptors (Lipinski definition) is 2. The van der Waals surface area contributed by atoms with Gasteiger partial charge in [0.2, 0.25) is 0 Å². The molecule has 1 aromatic carbocycles. The summed E-state index contributed by atoms with van der Waals surface area (Å²) in [5.41, 5.74) is 7.35. The van der Waals surface area contributed by atoms with Crippen molar-refractivity contribution in [1.29, 1.82) is 0 Å². The molecule has 78 valence electrons. The van der Waals surface area contributed by atoms with E-state index in [-0.39, 0.29) is 6.04 Å². The van der Waals surface area contributed by atoms with Gasteiger partial charge in [-0.15, -0.1) is 11.3 Å². The summed E-state index contributed by atoms with van der Waals surface area (Å²) >= 11 is 7.53. The highest BCUT2D eigenvalue weighted by Crippen LogP contribution is 2.30. The van der Waals surface area contributed by atoms with Crippen molar-refractivity contribution in [2.24, 2.45) is 5.73 Å². The molecule has 0 amide bonds. The first-order valence-corrected chi connectivity index (χ1v) is 7.17. The summed E-state index contributed by atoms with van der Waals surface area (Å²) in [5.74, 6) is 0. The monoisotopic (exact) mass is 393 g/mol. The smallest absolute Gasteiger partial charge is 0.0657 e. The fourth-order valence-corrected chi connectivity index (χ4v) is 3.13. The summed E-state index contributed by atoms with van der Waals surface area (Å²) in [5, 5.41) is 2.05. The average molecular weight is 394 g/mol. The topological polar surface area (TPSA) is 26.0 Å². The van der Waals surface area contributed by atoms with Gasteiger partial charge in [0, 0.05) is 12.9 Å². The van der Waals surface area contributed by atoms with Gasteiger partial charge < -0.3 is 5.73 Å². The number of thiophene rings is 1. The van der Waals surface area contributed by atoms with Gasteiger partial charge in [0.15, 0.2) is 0 Å². The van der Waals surface area contributed by atoms with E-state index in [9.17, 15) is 0 Å². The molecular weight excluding hydrogens is 385 g/mol. The standard InChI is InChI=1S/C11H9BrINS/c12-9-4-3-7(13)6-8(9)11(14)10-2-1-5-15-10/h1-6,11H,14H2. The van der Waals surface area contributed by atoms with Gasteiger partial charge in [-0.25, -0.2) is 0 Å². The fraction of sp³-hybridized carbons (Fsp3) is 0.0909. The zero-order valence-electron chi connectivity index (χ0n) is 7.78. The second kappa shape index (κ2) is 4.95. The lowest BCUT2D eigenvalue weighted by Gasteiger charge is -2.12. The van der Waals surface area contributed by atoms with E-state index < -0.39 is 0 Å². The van der Waals surface area contributed by atoms with Crippen LogP contribution in [-0.2, 0) is 0 Å². The van der Waals surface area contributed by atoms with Crippen molar-refractivity contribution >= 4 is 49.9 Å². The number of rotatable bonds is 2. The van der Waals surface area contributed by atoms with Gasteiger partial charge in [0.05, 0.1) is 6.04 Å². The first-order chi connectivity index (χ1) is 7.18. The molecule has 4 heteroatoms. The van der Waals surface area contributed by atoms with E-state index in [1.54, 1.807) is 11.3 Å². The second-order valence-corrected chi connectivity index (χ2v) is 6.24. The van der Waals surface area contributed by atoms with Crippen molar-refractivity contribution in [1.82, 2.24) is 0 Å². The zero-order chi connectivity index (χ0) is 10.8. The minimum atomic E-state index is -0.0332. The predicted octanol–water partition coefficient (Wildman–Crippen LogP) is 4.16. The summed E-state index contributed by atoms with van der Waals surface area (Å²) in [6.07, 6.45) is 0. The third-order valence-electron chi connectivity index (χ3n) is 2.14. The third kappa shape index (κ3) is 2.61. The Morgan fingerprint density at radius 1 is 1.33 bits per heavy atom. The molecular formula is C11H9BrINS. The number of nitrogens with two attached hydrogens (primary N) is 1. The molecule has 0 aliphatic carbocycles. The van der Waals surface area contributed by atoms with Crippen LogP contribution in [0.4, 0.5) is 0 Å². The van der Waals surface area contributed by atoms with Gasteiger partial charge in [-0.3, -0.25) is 0 Å². The number of benzene rings is 1. The SMILES string of the molecule is NC(c1cccs1)c1cc(I)ccc1Br. The first kappa shape index (κ1) is 11.6. The van der Waals surface area contributed by atoms with E-state index in [1.165, 1.54) is 8.45 Å². The van der Waals surface area contributed by atoms with Crippen LogP contribution in [0.5, 0.6) is 0 Å². The van der Waals surface area contributed by atoms with Crippen LogP contribution in [0.3, 0.4) is 0 Å². The Balaban J connectivity index is 2.41. The predicted molar refractivity (Wildman–Crippen MR) is 77.2 cm³/mol. The van der Waals surface area contributed by atoms with Crippen LogP contribution in [0.1, 0.15) is 16.5 Å². The summed E-state index contributed by atoms with van der Waals surface area (Å²) in [4.78, 5) is 1.19. The van der Waals surface area contributed by atoms with Crippen LogP contribution in [0.2, 0.25) is 0 Å². The molecule has 0 aliphatic rings. The van der Waals surface area contributed by atoms with Crippen molar-refractivity contribution in [3.05, 3.63) is 54.2 Å². The molecule has 2 N–H and O–H groups in total. The van der Waals surface area contributed by atoms with Crippen molar-refractivity contribution in [2.75, 3.05) is 0 Å². The second-order valence-electron chi connectivity index (χ2n) is 3.16. The van der Waals surface area contributed by atoms with Crippen LogP contribution in [0.15, 0.2) is 40.2 Å². The molecule has 1 atom stereocenters. The fourth-order valence-electron chi connectivity index (χ4n) is 1.37. The normalized spacial score (nSPS) is 12.7. The molecule has 0 fully saturated rings. The minimum absolute atomic E-state index is 0.0332. The molecule has 0 saturated carbocycles. The molecule has 2 rings (SSSR count). The van der Waals surface area contributed by atoms with Gasteiger partial charge in [-0.05, 0) is 57.8 Å². The van der Waals surface area contributed by atoms with E-state index in [0.717, 1.165) is 10.0 Å². The third-order valence-corrected chi connectivity index (χ3v) is 4.49. The van der Waals surface area contributed by atoms with Gasteiger partial charge in [-0.2, -0.15) is 0 Å². The maximum Gasteiger partial charge on any atom is 0.0657 e.